The number of hydrogen-bond acceptors (Lipinski definition) is 3. The largest absolute Gasteiger partial charge is 0.404 e. The maximum atomic E-state index is 10.6. The van der Waals surface area contributed by atoms with Crippen molar-refractivity contribution in [3.05, 3.63) is 20.8 Å². The fraction of sp³-hybridized carbons (Fsp3) is 0.667. The zero-order chi connectivity index (χ0) is 11.8. The van der Waals surface area contributed by atoms with Gasteiger partial charge in [-0.05, 0) is 33.7 Å². The van der Waals surface area contributed by atoms with E-state index < -0.39 is 4.92 Å². The topological polar surface area (TPSA) is 61.0 Å². The van der Waals surface area contributed by atoms with E-state index in [0.717, 1.165) is 24.7 Å². The first-order valence-corrected chi connectivity index (χ1v) is 6.91. The molecular weight excluding hydrogens is 342 g/mol. The molecule has 0 bridgehead atoms. The van der Waals surface area contributed by atoms with Crippen LogP contribution in [0.1, 0.15) is 19.3 Å². The average Bonchev–Trinajstić information content (AvgIpc) is 2.53. The molecule has 5 nitrogen and oxygen atoms in total. The molecule has 1 fully saturated rings. The zero-order valence-electron chi connectivity index (χ0n) is 8.53. The monoisotopic (exact) mass is 351 g/mol. The van der Waals surface area contributed by atoms with Crippen molar-refractivity contribution in [3.8, 4) is 0 Å². The van der Waals surface area contributed by atoms with Crippen LogP contribution in [0.15, 0.2) is 10.7 Å². The molecule has 1 aromatic heterocycles. The summed E-state index contributed by atoms with van der Waals surface area (Å²) in [6.07, 6.45) is 5.23. The van der Waals surface area contributed by atoms with Crippen LogP contribution in [0.25, 0.3) is 0 Å². The molecule has 0 N–H and O–H groups in total. The molecule has 0 amide bonds. The van der Waals surface area contributed by atoms with Crippen molar-refractivity contribution < 1.29 is 4.92 Å². The first-order chi connectivity index (χ1) is 7.56. The van der Waals surface area contributed by atoms with E-state index in [1.54, 1.807) is 10.9 Å². The van der Waals surface area contributed by atoms with Gasteiger partial charge in [-0.2, -0.15) is 4.68 Å². The van der Waals surface area contributed by atoms with Gasteiger partial charge >= 0.3 is 5.82 Å². The normalized spacial score (nSPS) is 18.1. The first-order valence-electron chi connectivity index (χ1n) is 5.00. The first kappa shape index (κ1) is 12.0. The molecule has 16 heavy (non-hydrogen) atoms. The van der Waals surface area contributed by atoms with Gasteiger partial charge in [0, 0.05) is 10.7 Å². The molecule has 0 aliphatic heterocycles. The van der Waals surface area contributed by atoms with Crippen LogP contribution >= 0.6 is 31.9 Å². The van der Waals surface area contributed by atoms with Crippen molar-refractivity contribution in [1.29, 1.82) is 0 Å². The molecule has 1 heterocycles. The number of aromatic nitrogens is 2. The van der Waals surface area contributed by atoms with Crippen molar-refractivity contribution in [1.82, 2.24) is 9.78 Å². The summed E-state index contributed by atoms with van der Waals surface area (Å²) in [5.41, 5.74) is 0.235. The van der Waals surface area contributed by atoms with Crippen LogP contribution < -0.4 is 0 Å². The minimum Gasteiger partial charge on any atom is -0.358 e. The molecule has 0 saturated heterocycles. The summed E-state index contributed by atoms with van der Waals surface area (Å²) in [5, 5.41) is 15.5. The molecule has 88 valence electrons. The third kappa shape index (κ3) is 2.15. The van der Waals surface area contributed by atoms with Crippen LogP contribution in [0.3, 0.4) is 0 Å². The zero-order valence-corrected chi connectivity index (χ0v) is 11.7. The van der Waals surface area contributed by atoms with Crippen LogP contribution in [0.5, 0.6) is 0 Å². The Balaban J connectivity index is 2.16. The molecule has 1 aromatic rings. The molecule has 1 aliphatic rings. The van der Waals surface area contributed by atoms with Gasteiger partial charge in [0.05, 0.1) is 17.8 Å². The lowest BCUT2D eigenvalue weighted by molar-refractivity contribution is -0.390. The van der Waals surface area contributed by atoms with E-state index in [9.17, 15) is 10.1 Å². The van der Waals surface area contributed by atoms with Gasteiger partial charge in [0.25, 0.3) is 0 Å². The van der Waals surface area contributed by atoms with E-state index >= 15 is 0 Å². The van der Waals surface area contributed by atoms with Gasteiger partial charge in [-0.3, -0.25) is 0 Å². The van der Waals surface area contributed by atoms with Crippen LogP contribution in [0, 0.1) is 15.5 Å². The van der Waals surface area contributed by atoms with Crippen molar-refractivity contribution in [3.63, 3.8) is 0 Å². The molecule has 0 atom stereocenters. The van der Waals surface area contributed by atoms with Gasteiger partial charge in [-0.1, -0.05) is 22.4 Å². The van der Waals surface area contributed by atoms with Crippen LogP contribution in [-0.4, -0.2) is 20.0 Å². The second kappa shape index (κ2) is 4.44. The Morgan fingerprint density at radius 3 is 2.69 bits per heavy atom. The van der Waals surface area contributed by atoms with E-state index in [1.165, 1.54) is 6.42 Å². The quantitative estimate of drug-likeness (QED) is 0.475. The highest BCUT2D eigenvalue weighted by atomic mass is 79.9. The third-order valence-corrected chi connectivity index (χ3v) is 4.82. The number of nitrogens with zero attached hydrogens (tertiary/aromatic N) is 3. The van der Waals surface area contributed by atoms with Crippen LogP contribution in [0.2, 0.25) is 0 Å². The summed E-state index contributed by atoms with van der Waals surface area (Å²) >= 11 is 6.66. The molecule has 0 unspecified atom stereocenters. The maximum absolute atomic E-state index is 10.6. The van der Waals surface area contributed by atoms with Crippen LogP contribution in [-0.2, 0) is 6.54 Å². The van der Waals surface area contributed by atoms with E-state index in [-0.39, 0.29) is 11.2 Å². The Morgan fingerprint density at radius 2 is 2.31 bits per heavy atom. The molecule has 7 heteroatoms. The number of alkyl halides is 1. The Labute approximate surface area is 110 Å². The van der Waals surface area contributed by atoms with E-state index in [2.05, 4.69) is 37.0 Å². The van der Waals surface area contributed by atoms with Gasteiger partial charge in [-0.25, -0.2) is 0 Å². The lowest BCUT2D eigenvalue weighted by Gasteiger charge is -2.39. The maximum Gasteiger partial charge on any atom is 0.404 e. The van der Waals surface area contributed by atoms with E-state index in [4.69, 9.17) is 0 Å². The van der Waals surface area contributed by atoms with Gasteiger partial charge in [0.2, 0.25) is 0 Å². The average molecular weight is 353 g/mol. The molecule has 2 rings (SSSR count). The van der Waals surface area contributed by atoms with Crippen molar-refractivity contribution >= 4 is 37.7 Å². The van der Waals surface area contributed by atoms with E-state index in [0.29, 0.717) is 4.47 Å². The predicted octanol–water partition coefficient (Wildman–Crippen LogP) is 3.12. The van der Waals surface area contributed by atoms with Gasteiger partial charge in [-0.15, -0.1) is 0 Å². The van der Waals surface area contributed by atoms with Crippen molar-refractivity contribution in [2.24, 2.45) is 5.41 Å². The highest BCUT2D eigenvalue weighted by Crippen LogP contribution is 2.44. The minimum absolute atomic E-state index is 0.107. The Kier molecular flexibility index (Phi) is 3.34. The predicted molar refractivity (Wildman–Crippen MR) is 66.7 cm³/mol. The number of halogens is 2. The highest BCUT2D eigenvalue weighted by Gasteiger charge is 2.38. The fourth-order valence-electron chi connectivity index (χ4n) is 1.95. The highest BCUT2D eigenvalue weighted by molar-refractivity contribution is 9.10. The summed E-state index contributed by atoms with van der Waals surface area (Å²) in [4.78, 5) is 10.2. The summed E-state index contributed by atoms with van der Waals surface area (Å²) in [5.74, 6) is -0.107. The molecule has 1 saturated carbocycles. The van der Waals surface area contributed by atoms with Crippen LogP contribution in [0.4, 0.5) is 5.82 Å². The SMILES string of the molecule is O=[N+]([O-])c1nn(CC2(CBr)CCC2)cc1Br. The second-order valence-electron chi connectivity index (χ2n) is 4.24. The Morgan fingerprint density at radius 1 is 1.62 bits per heavy atom. The third-order valence-electron chi connectivity index (χ3n) is 3.07. The fourth-order valence-corrected chi connectivity index (χ4v) is 3.14. The van der Waals surface area contributed by atoms with Gasteiger partial charge in [0.15, 0.2) is 0 Å². The van der Waals surface area contributed by atoms with E-state index in [1.807, 2.05) is 0 Å². The number of nitro groups is 1. The van der Waals surface area contributed by atoms with Crippen molar-refractivity contribution in [2.45, 2.75) is 25.8 Å². The molecule has 0 spiro atoms. The number of rotatable bonds is 4. The summed E-state index contributed by atoms with van der Waals surface area (Å²) in [6, 6.07) is 0. The lowest BCUT2D eigenvalue weighted by Crippen LogP contribution is -2.35. The second-order valence-corrected chi connectivity index (χ2v) is 5.66. The lowest BCUT2D eigenvalue weighted by atomic mass is 9.70. The Hall–Kier alpha value is -0.430. The minimum atomic E-state index is -0.470. The molecule has 0 aromatic carbocycles. The molecule has 1 aliphatic carbocycles. The summed E-state index contributed by atoms with van der Waals surface area (Å²) in [7, 11) is 0. The smallest absolute Gasteiger partial charge is 0.358 e. The summed E-state index contributed by atoms with van der Waals surface area (Å²) in [6.45, 7) is 0.741. The number of hydrogen-bond donors (Lipinski definition) is 0. The van der Waals surface area contributed by atoms with Gasteiger partial charge in [0.1, 0.15) is 4.47 Å². The summed E-state index contributed by atoms with van der Waals surface area (Å²) < 4.78 is 2.12. The van der Waals surface area contributed by atoms with Gasteiger partial charge < -0.3 is 10.1 Å². The van der Waals surface area contributed by atoms with Crippen molar-refractivity contribution in [2.75, 3.05) is 5.33 Å². The molecular formula is C9H11Br2N3O2. The standard InChI is InChI=1S/C9H11Br2N3O2/c10-5-9(2-1-3-9)6-13-4-7(11)8(12-13)14(15)16/h4H,1-3,5-6H2. The molecule has 0 radical (unpaired) electrons. The Bertz CT molecular complexity index is 409.